The van der Waals surface area contributed by atoms with Gasteiger partial charge in [0.1, 0.15) is 5.75 Å². The molecule has 0 bridgehead atoms. The van der Waals surface area contributed by atoms with Crippen molar-refractivity contribution in [2.75, 3.05) is 19.7 Å². The lowest BCUT2D eigenvalue weighted by Crippen LogP contribution is -2.30. The molecule has 0 aliphatic rings. The maximum absolute atomic E-state index is 11.2. The van der Waals surface area contributed by atoms with Crippen LogP contribution in [0.5, 0.6) is 5.75 Å². The molecule has 6 heteroatoms. The number of carbonyl (C=O) groups excluding carboxylic acids is 1. The lowest BCUT2D eigenvalue weighted by Gasteiger charge is -2.28. The highest BCUT2D eigenvalue weighted by Crippen LogP contribution is 2.28. The van der Waals surface area contributed by atoms with Gasteiger partial charge in [0.05, 0.1) is 18.1 Å². The molecule has 0 fully saturated rings. The Morgan fingerprint density at radius 3 is 2.05 bits per heavy atom. The minimum atomic E-state index is -0.386. The molecular formula is C32H33ClN2O2S. The zero-order valence-corrected chi connectivity index (χ0v) is 23.0. The second-order valence-electron chi connectivity index (χ2n) is 9.39. The smallest absolute Gasteiger partial charge is 0.221 e. The van der Waals surface area contributed by atoms with Crippen LogP contribution in [0.15, 0.2) is 108 Å². The molecule has 0 saturated heterocycles. The molecule has 0 aliphatic carbocycles. The van der Waals surface area contributed by atoms with E-state index in [0.717, 1.165) is 36.5 Å². The number of thiol groups is 1. The van der Waals surface area contributed by atoms with Crippen LogP contribution >= 0.6 is 24.2 Å². The fraction of sp³-hybridized carbons (Fsp3) is 0.219. The maximum atomic E-state index is 11.2. The molecule has 0 aliphatic heterocycles. The summed E-state index contributed by atoms with van der Waals surface area (Å²) in [6, 6.07) is 35.1. The maximum Gasteiger partial charge on any atom is 0.221 e. The van der Waals surface area contributed by atoms with Crippen molar-refractivity contribution in [2.24, 2.45) is 5.73 Å². The van der Waals surface area contributed by atoms with E-state index in [2.05, 4.69) is 90.3 Å². The van der Waals surface area contributed by atoms with Crippen LogP contribution in [-0.4, -0.2) is 30.5 Å². The molecule has 4 aromatic rings. The first kappa shape index (κ1) is 27.8. The van der Waals surface area contributed by atoms with Crippen LogP contribution in [-0.2, 0) is 17.8 Å². The molecule has 38 heavy (non-hydrogen) atoms. The summed E-state index contributed by atoms with van der Waals surface area (Å²) in [5.74, 6) is 0.472. The number of halogens is 1. The number of rotatable bonds is 13. The van der Waals surface area contributed by atoms with Crippen LogP contribution in [0.3, 0.4) is 0 Å². The standard InChI is InChI=1S/C32H33ClN2O2S/c33-30-20-25(21-32(34)36)14-17-31(30)37-19-7-18-35(22-24-12-15-28(38)16-13-24)23-29(26-8-3-1-4-9-26)27-10-5-2-6-11-27/h1-6,8-17,20,29,38H,7,18-19,21-23H2,(H2,34,36). The number of hydrogen-bond donors (Lipinski definition) is 2. The van der Waals surface area contributed by atoms with Crippen molar-refractivity contribution in [3.05, 3.63) is 130 Å². The molecule has 0 heterocycles. The molecule has 0 unspecified atom stereocenters. The number of amides is 1. The van der Waals surface area contributed by atoms with Crippen molar-refractivity contribution in [3.63, 3.8) is 0 Å². The van der Waals surface area contributed by atoms with E-state index < -0.39 is 0 Å². The van der Waals surface area contributed by atoms with Crippen molar-refractivity contribution in [1.82, 2.24) is 4.90 Å². The Hall–Kier alpha value is -3.25. The third-order valence-electron chi connectivity index (χ3n) is 6.44. The van der Waals surface area contributed by atoms with E-state index >= 15 is 0 Å². The van der Waals surface area contributed by atoms with E-state index in [1.165, 1.54) is 16.7 Å². The van der Waals surface area contributed by atoms with Crippen LogP contribution in [0.4, 0.5) is 0 Å². The lowest BCUT2D eigenvalue weighted by atomic mass is 9.90. The Balaban J connectivity index is 1.46. The summed E-state index contributed by atoms with van der Waals surface area (Å²) < 4.78 is 6.00. The zero-order chi connectivity index (χ0) is 26.7. The highest BCUT2D eigenvalue weighted by atomic mass is 35.5. The minimum Gasteiger partial charge on any atom is -0.492 e. The summed E-state index contributed by atoms with van der Waals surface area (Å²) in [6.07, 6.45) is 0.994. The van der Waals surface area contributed by atoms with Crippen LogP contribution in [0, 0.1) is 0 Å². The van der Waals surface area contributed by atoms with Gasteiger partial charge in [-0.1, -0.05) is 90.5 Å². The first-order valence-corrected chi connectivity index (χ1v) is 13.6. The summed E-state index contributed by atoms with van der Waals surface area (Å²) >= 11 is 10.8. The molecule has 0 spiro atoms. The van der Waals surface area contributed by atoms with Gasteiger partial charge in [0.15, 0.2) is 0 Å². The predicted molar refractivity (Wildman–Crippen MR) is 158 cm³/mol. The van der Waals surface area contributed by atoms with Gasteiger partial charge in [-0.15, -0.1) is 12.6 Å². The van der Waals surface area contributed by atoms with E-state index in [1.54, 1.807) is 12.1 Å². The van der Waals surface area contributed by atoms with Crippen LogP contribution in [0.25, 0.3) is 0 Å². The third-order valence-corrected chi connectivity index (χ3v) is 7.03. The van der Waals surface area contributed by atoms with Gasteiger partial charge in [0.2, 0.25) is 5.91 Å². The summed E-state index contributed by atoms with van der Waals surface area (Å²) in [4.78, 5) is 14.6. The van der Waals surface area contributed by atoms with Crippen molar-refractivity contribution < 1.29 is 9.53 Å². The fourth-order valence-corrected chi connectivity index (χ4v) is 4.98. The monoisotopic (exact) mass is 544 g/mol. The molecule has 0 radical (unpaired) electrons. The molecular weight excluding hydrogens is 512 g/mol. The summed E-state index contributed by atoms with van der Waals surface area (Å²) in [5.41, 5.74) is 9.91. The summed E-state index contributed by atoms with van der Waals surface area (Å²) in [6.45, 7) is 3.09. The highest BCUT2D eigenvalue weighted by molar-refractivity contribution is 7.80. The van der Waals surface area contributed by atoms with Gasteiger partial charge in [-0.2, -0.15) is 0 Å². The number of primary amides is 1. The number of ether oxygens (including phenoxy) is 1. The van der Waals surface area contributed by atoms with Gasteiger partial charge < -0.3 is 10.5 Å². The van der Waals surface area contributed by atoms with Gasteiger partial charge in [0.25, 0.3) is 0 Å². The van der Waals surface area contributed by atoms with E-state index in [-0.39, 0.29) is 18.2 Å². The van der Waals surface area contributed by atoms with E-state index in [4.69, 9.17) is 22.1 Å². The second-order valence-corrected chi connectivity index (χ2v) is 10.3. The van der Waals surface area contributed by atoms with Gasteiger partial charge in [-0.3, -0.25) is 9.69 Å². The Morgan fingerprint density at radius 1 is 0.868 bits per heavy atom. The first-order chi connectivity index (χ1) is 18.5. The fourth-order valence-electron chi connectivity index (χ4n) is 4.57. The number of hydrogen-bond acceptors (Lipinski definition) is 4. The average molecular weight is 545 g/mol. The van der Waals surface area contributed by atoms with Gasteiger partial charge in [-0.25, -0.2) is 0 Å². The van der Waals surface area contributed by atoms with Gasteiger partial charge in [0, 0.05) is 30.4 Å². The van der Waals surface area contributed by atoms with Crippen LogP contribution < -0.4 is 10.5 Å². The molecule has 2 N–H and O–H groups in total. The van der Waals surface area contributed by atoms with Crippen molar-refractivity contribution in [1.29, 1.82) is 0 Å². The average Bonchev–Trinajstić information content (AvgIpc) is 2.92. The number of nitrogens with zero attached hydrogens (tertiary/aromatic N) is 1. The molecule has 4 aromatic carbocycles. The van der Waals surface area contributed by atoms with Gasteiger partial charge >= 0.3 is 0 Å². The molecule has 0 atom stereocenters. The lowest BCUT2D eigenvalue weighted by molar-refractivity contribution is -0.117. The normalized spacial score (nSPS) is 11.2. The largest absolute Gasteiger partial charge is 0.492 e. The SMILES string of the molecule is NC(=O)Cc1ccc(OCCCN(Cc2ccc(S)cc2)CC(c2ccccc2)c2ccccc2)c(Cl)c1. The summed E-state index contributed by atoms with van der Waals surface area (Å²) in [7, 11) is 0. The Labute approximate surface area is 235 Å². The highest BCUT2D eigenvalue weighted by Gasteiger charge is 2.19. The third kappa shape index (κ3) is 8.38. The number of carbonyl (C=O) groups is 1. The van der Waals surface area contributed by atoms with Crippen LogP contribution in [0.2, 0.25) is 5.02 Å². The minimum absolute atomic E-state index is 0.160. The summed E-state index contributed by atoms with van der Waals surface area (Å²) in [5, 5.41) is 0.487. The van der Waals surface area contributed by atoms with E-state index in [0.29, 0.717) is 17.4 Å². The van der Waals surface area contributed by atoms with E-state index in [9.17, 15) is 4.79 Å². The zero-order valence-electron chi connectivity index (χ0n) is 21.3. The van der Waals surface area contributed by atoms with E-state index in [1.807, 2.05) is 18.2 Å². The van der Waals surface area contributed by atoms with Gasteiger partial charge in [-0.05, 0) is 52.9 Å². The molecule has 4 rings (SSSR count). The topological polar surface area (TPSA) is 55.6 Å². The van der Waals surface area contributed by atoms with Crippen molar-refractivity contribution in [3.8, 4) is 5.75 Å². The van der Waals surface area contributed by atoms with Crippen molar-refractivity contribution in [2.45, 2.75) is 30.2 Å². The Morgan fingerprint density at radius 2 is 1.47 bits per heavy atom. The molecule has 1 amide bonds. The second kappa shape index (κ2) is 14.1. The molecule has 0 saturated carbocycles. The number of benzene rings is 4. The predicted octanol–water partition coefficient (Wildman–Crippen LogP) is 6.76. The Kier molecular flexibility index (Phi) is 10.3. The number of nitrogens with two attached hydrogens (primary N) is 1. The molecule has 196 valence electrons. The van der Waals surface area contributed by atoms with Crippen molar-refractivity contribution >= 4 is 30.1 Å². The molecule has 4 nitrogen and oxygen atoms in total. The van der Waals surface area contributed by atoms with Crippen LogP contribution in [0.1, 0.15) is 34.6 Å². The first-order valence-electron chi connectivity index (χ1n) is 12.8. The quantitative estimate of drug-likeness (QED) is 0.144. The molecule has 0 aromatic heterocycles. The Bertz CT molecular complexity index is 1260.